The zero-order valence-electron chi connectivity index (χ0n) is 22.4. The van der Waals surface area contributed by atoms with Gasteiger partial charge in [-0.05, 0) is 87.1 Å². The molecule has 2 atom stereocenters. The molecule has 200 valence electrons. The van der Waals surface area contributed by atoms with E-state index < -0.39 is 0 Å². The molecule has 2 aromatic heterocycles. The summed E-state index contributed by atoms with van der Waals surface area (Å²) in [6.45, 7) is 7.87. The summed E-state index contributed by atoms with van der Waals surface area (Å²) in [5.41, 5.74) is 7.80. The van der Waals surface area contributed by atoms with Gasteiger partial charge in [-0.1, -0.05) is 23.7 Å². The maximum absolute atomic E-state index is 12.0. The van der Waals surface area contributed by atoms with Gasteiger partial charge in [-0.25, -0.2) is 0 Å². The molecule has 1 fully saturated rings. The van der Waals surface area contributed by atoms with Crippen LogP contribution < -0.4 is 20.3 Å². The predicted octanol–water partition coefficient (Wildman–Crippen LogP) is 6.60. The second-order valence-electron chi connectivity index (χ2n) is 9.59. The fourth-order valence-corrected chi connectivity index (χ4v) is 6.03. The Labute approximate surface area is 238 Å². The summed E-state index contributed by atoms with van der Waals surface area (Å²) in [6.07, 6.45) is 1.80. The van der Waals surface area contributed by atoms with Crippen molar-refractivity contribution in [1.29, 1.82) is 0 Å². The van der Waals surface area contributed by atoms with Gasteiger partial charge in [0.1, 0.15) is 5.75 Å². The Balaban J connectivity index is 1.72. The van der Waals surface area contributed by atoms with Gasteiger partial charge in [0.25, 0.3) is 0 Å². The van der Waals surface area contributed by atoms with E-state index in [2.05, 4.69) is 46.9 Å². The van der Waals surface area contributed by atoms with Crippen LogP contribution in [0.5, 0.6) is 5.75 Å². The van der Waals surface area contributed by atoms with Gasteiger partial charge in [0.2, 0.25) is 5.91 Å². The molecule has 1 aliphatic rings. The normalized spacial score (nSPS) is 16.8. The standard InChI is InChI=1S/C30H30ClN5O2S/c1-17-18(2)35(22-10-8-9-21(31)15-22)19(3)27(17)29-28(24-11-6-7-14-32-24)34-30(39)36(29)23-12-13-26(38-5)25(16-23)33-20(4)37/h6-16,28-29H,1-5H3,(H,33,37)(H,34,39)/t28-,29-/m1/s1. The summed E-state index contributed by atoms with van der Waals surface area (Å²) < 4.78 is 7.74. The lowest BCUT2D eigenvalue weighted by Crippen LogP contribution is -2.30. The molecular formula is C30H30ClN5O2S. The van der Waals surface area contributed by atoms with Crippen molar-refractivity contribution in [2.75, 3.05) is 17.3 Å². The average Bonchev–Trinajstić information content (AvgIpc) is 3.36. The van der Waals surface area contributed by atoms with Crippen LogP contribution in [0.4, 0.5) is 11.4 Å². The van der Waals surface area contributed by atoms with E-state index in [1.54, 1.807) is 13.3 Å². The van der Waals surface area contributed by atoms with Crippen molar-refractivity contribution in [3.8, 4) is 11.4 Å². The highest BCUT2D eigenvalue weighted by Crippen LogP contribution is 2.46. The lowest BCUT2D eigenvalue weighted by atomic mass is 9.93. The molecule has 1 aliphatic heterocycles. The number of carbonyl (C=O) groups excluding carboxylic acids is 1. The van der Waals surface area contributed by atoms with Crippen molar-refractivity contribution in [1.82, 2.24) is 14.9 Å². The zero-order valence-corrected chi connectivity index (χ0v) is 24.0. The molecule has 2 N–H and O–H groups in total. The number of amides is 1. The van der Waals surface area contributed by atoms with Crippen molar-refractivity contribution in [2.24, 2.45) is 0 Å². The number of pyridine rings is 1. The molecule has 1 saturated heterocycles. The average molecular weight is 560 g/mol. The van der Waals surface area contributed by atoms with E-state index in [4.69, 9.17) is 33.5 Å². The minimum atomic E-state index is -0.217. The van der Waals surface area contributed by atoms with Gasteiger partial charge in [0.05, 0.1) is 30.6 Å². The Bertz CT molecular complexity index is 1570. The molecule has 0 radical (unpaired) electrons. The Kier molecular flexibility index (Phi) is 7.34. The van der Waals surface area contributed by atoms with Crippen LogP contribution in [0.3, 0.4) is 0 Å². The number of ether oxygens (including phenoxy) is 1. The Morgan fingerprint density at radius 1 is 1.05 bits per heavy atom. The number of nitrogens with zero attached hydrogens (tertiary/aromatic N) is 3. The second-order valence-corrected chi connectivity index (χ2v) is 10.4. The van der Waals surface area contributed by atoms with E-state index in [1.807, 2.05) is 54.6 Å². The smallest absolute Gasteiger partial charge is 0.221 e. The number of anilines is 2. The number of methoxy groups -OCH3 is 1. The number of hydrogen-bond donors (Lipinski definition) is 2. The van der Waals surface area contributed by atoms with Crippen LogP contribution in [-0.2, 0) is 4.79 Å². The minimum Gasteiger partial charge on any atom is -0.495 e. The SMILES string of the molecule is COc1ccc(N2C(=S)N[C@H](c3ccccn3)[C@H]2c2c(C)c(C)n(-c3cccc(Cl)c3)c2C)cc1NC(C)=O. The van der Waals surface area contributed by atoms with Gasteiger partial charge in [-0.3, -0.25) is 9.78 Å². The second kappa shape index (κ2) is 10.7. The van der Waals surface area contributed by atoms with Crippen molar-refractivity contribution >= 4 is 46.2 Å². The van der Waals surface area contributed by atoms with E-state index >= 15 is 0 Å². The number of aromatic nitrogens is 2. The van der Waals surface area contributed by atoms with Crippen LogP contribution >= 0.6 is 23.8 Å². The molecule has 7 nitrogen and oxygen atoms in total. The lowest BCUT2D eigenvalue weighted by Gasteiger charge is -2.29. The maximum Gasteiger partial charge on any atom is 0.221 e. The highest BCUT2D eigenvalue weighted by Gasteiger charge is 2.43. The molecule has 5 rings (SSSR count). The highest BCUT2D eigenvalue weighted by atomic mass is 35.5. The first-order valence-electron chi connectivity index (χ1n) is 12.6. The molecular weight excluding hydrogens is 530 g/mol. The number of thiocarbonyl (C=S) groups is 1. The largest absolute Gasteiger partial charge is 0.495 e. The molecule has 2 aromatic carbocycles. The fourth-order valence-electron chi connectivity index (χ4n) is 5.50. The monoisotopic (exact) mass is 559 g/mol. The quantitative estimate of drug-likeness (QED) is 0.259. The molecule has 0 saturated carbocycles. The number of benzene rings is 2. The predicted molar refractivity (Wildman–Crippen MR) is 160 cm³/mol. The number of rotatable bonds is 6. The van der Waals surface area contributed by atoms with Gasteiger partial charge >= 0.3 is 0 Å². The fraction of sp³-hybridized carbons (Fsp3) is 0.233. The van der Waals surface area contributed by atoms with E-state index in [0.717, 1.165) is 39.6 Å². The van der Waals surface area contributed by atoms with Gasteiger partial charge in [0, 0.05) is 46.5 Å². The molecule has 3 heterocycles. The Morgan fingerprint density at radius 3 is 2.51 bits per heavy atom. The first-order chi connectivity index (χ1) is 18.7. The first-order valence-corrected chi connectivity index (χ1v) is 13.4. The van der Waals surface area contributed by atoms with E-state index in [0.29, 0.717) is 21.6 Å². The van der Waals surface area contributed by atoms with Gasteiger partial charge < -0.3 is 24.8 Å². The van der Waals surface area contributed by atoms with Crippen molar-refractivity contribution in [3.63, 3.8) is 0 Å². The summed E-state index contributed by atoms with van der Waals surface area (Å²) in [7, 11) is 1.58. The maximum atomic E-state index is 12.0. The molecule has 1 amide bonds. The molecule has 39 heavy (non-hydrogen) atoms. The van der Waals surface area contributed by atoms with Crippen LogP contribution in [0.1, 0.15) is 47.2 Å². The summed E-state index contributed by atoms with van der Waals surface area (Å²) in [6, 6.07) is 19.0. The van der Waals surface area contributed by atoms with E-state index in [-0.39, 0.29) is 18.0 Å². The topological polar surface area (TPSA) is 71.4 Å². The molecule has 0 spiro atoms. The summed E-state index contributed by atoms with van der Waals surface area (Å²) in [4.78, 5) is 18.7. The molecule has 0 unspecified atom stereocenters. The van der Waals surface area contributed by atoms with E-state index in [1.165, 1.54) is 6.92 Å². The van der Waals surface area contributed by atoms with Gasteiger partial charge in [-0.2, -0.15) is 0 Å². The van der Waals surface area contributed by atoms with Crippen LogP contribution in [-0.4, -0.2) is 27.7 Å². The highest BCUT2D eigenvalue weighted by molar-refractivity contribution is 7.80. The Morgan fingerprint density at radius 2 is 1.85 bits per heavy atom. The number of nitrogens with one attached hydrogen (secondary N) is 2. The summed E-state index contributed by atoms with van der Waals surface area (Å²) in [5, 5.41) is 7.67. The van der Waals surface area contributed by atoms with Crippen LogP contribution in [0, 0.1) is 20.8 Å². The van der Waals surface area contributed by atoms with Gasteiger partial charge in [-0.15, -0.1) is 0 Å². The zero-order chi connectivity index (χ0) is 27.8. The van der Waals surface area contributed by atoms with Gasteiger partial charge in [0.15, 0.2) is 5.11 Å². The minimum absolute atomic E-state index is 0.184. The third-order valence-corrected chi connectivity index (χ3v) is 7.79. The van der Waals surface area contributed by atoms with Crippen molar-refractivity contribution in [2.45, 2.75) is 39.8 Å². The van der Waals surface area contributed by atoms with Crippen LogP contribution in [0.25, 0.3) is 5.69 Å². The summed E-state index contributed by atoms with van der Waals surface area (Å²) >= 11 is 12.3. The molecule has 0 aliphatic carbocycles. The van der Waals surface area contributed by atoms with Crippen molar-refractivity contribution in [3.05, 3.63) is 100 Å². The Hall–Kier alpha value is -3.88. The molecule has 9 heteroatoms. The van der Waals surface area contributed by atoms with Crippen molar-refractivity contribution < 1.29 is 9.53 Å². The van der Waals surface area contributed by atoms with E-state index in [9.17, 15) is 4.79 Å². The summed E-state index contributed by atoms with van der Waals surface area (Å²) in [5.74, 6) is 0.386. The third-order valence-electron chi connectivity index (χ3n) is 7.24. The van der Waals surface area contributed by atoms with Crippen LogP contribution in [0.15, 0.2) is 66.9 Å². The van der Waals surface area contributed by atoms with Crippen LogP contribution in [0.2, 0.25) is 5.02 Å². The first kappa shape index (κ1) is 26.7. The third kappa shape index (κ3) is 4.86. The number of hydrogen-bond acceptors (Lipinski definition) is 4. The molecule has 0 bridgehead atoms. The number of carbonyl (C=O) groups is 1. The molecule has 4 aromatic rings. The number of halogens is 1. The lowest BCUT2D eigenvalue weighted by molar-refractivity contribution is -0.114.